The second-order valence-corrected chi connectivity index (χ2v) is 8.77. The highest BCUT2D eigenvalue weighted by molar-refractivity contribution is 5.03. The van der Waals surface area contributed by atoms with Gasteiger partial charge in [-0.1, -0.05) is 12.5 Å². The summed E-state index contributed by atoms with van der Waals surface area (Å²) < 4.78 is 0. The molecule has 1 unspecified atom stereocenters. The zero-order chi connectivity index (χ0) is 14.9. The summed E-state index contributed by atoms with van der Waals surface area (Å²) in [4.78, 5) is 0. The first-order chi connectivity index (χ1) is 10.1. The molecule has 1 nitrogen and oxygen atoms in total. The van der Waals surface area contributed by atoms with Crippen LogP contribution in [0.15, 0.2) is 12.2 Å². The van der Waals surface area contributed by atoms with E-state index in [0.29, 0.717) is 0 Å². The Balaban J connectivity index is 1.62. The summed E-state index contributed by atoms with van der Waals surface area (Å²) in [5, 5.41) is 3.86. The van der Waals surface area contributed by atoms with E-state index in [9.17, 15) is 0 Å². The third kappa shape index (κ3) is 3.73. The fourth-order valence-corrected chi connectivity index (χ4v) is 6.11. The smallest absolute Gasteiger partial charge is 0.00753 e. The molecule has 4 fully saturated rings. The molecule has 4 aliphatic carbocycles. The predicted octanol–water partition coefficient (Wildman–Crippen LogP) is 5.32. The molecule has 4 rings (SSSR count). The largest absolute Gasteiger partial charge is 0.314 e. The third-order valence-electron chi connectivity index (χ3n) is 6.45. The van der Waals surface area contributed by atoms with Crippen LogP contribution in [0.1, 0.15) is 78.1 Å². The Labute approximate surface area is 132 Å². The van der Waals surface area contributed by atoms with E-state index in [0.717, 1.165) is 29.2 Å². The van der Waals surface area contributed by atoms with E-state index in [2.05, 4.69) is 25.7 Å². The van der Waals surface area contributed by atoms with Gasteiger partial charge in [0, 0.05) is 6.04 Å². The molecule has 0 radical (unpaired) electrons. The van der Waals surface area contributed by atoms with Gasteiger partial charge >= 0.3 is 0 Å². The van der Waals surface area contributed by atoms with Crippen molar-refractivity contribution in [3.8, 4) is 0 Å². The Kier molecular flexibility index (Phi) is 4.78. The molecular weight excluding hydrogens is 254 g/mol. The van der Waals surface area contributed by atoms with Crippen LogP contribution in [0.2, 0.25) is 0 Å². The van der Waals surface area contributed by atoms with Gasteiger partial charge in [-0.2, -0.15) is 0 Å². The molecule has 0 aromatic rings. The molecule has 4 aliphatic rings. The van der Waals surface area contributed by atoms with Crippen LogP contribution >= 0.6 is 0 Å². The highest BCUT2D eigenvalue weighted by Crippen LogP contribution is 2.61. The molecule has 1 heteroatoms. The normalized spacial score (nSPS) is 38.7. The van der Waals surface area contributed by atoms with Crippen LogP contribution in [0, 0.1) is 23.2 Å². The standard InChI is InChI=1S/C20H35N/c1-4-7-21-19(6-5-15(2)3)14-20-11-16-8-17(12-20)10-18(9-16)13-20/h16-19,21H,2,4-14H2,1,3H3. The van der Waals surface area contributed by atoms with E-state index in [1.807, 2.05) is 0 Å². The molecule has 0 amide bonds. The van der Waals surface area contributed by atoms with E-state index in [4.69, 9.17) is 0 Å². The molecule has 1 N–H and O–H groups in total. The number of nitrogens with one attached hydrogen (secondary N) is 1. The van der Waals surface area contributed by atoms with E-state index >= 15 is 0 Å². The second kappa shape index (κ2) is 6.44. The molecular formula is C20H35N. The molecule has 0 spiro atoms. The Morgan fingerprint density at radius 3 is 2.19 bits per heavy atom. The zero-order valence-electron chi connectivity index (χ0n) is 14.3. The van der Waals surface area contributed by atoms with Gasteiger partial charge in [0.1, 0.15) is 0 Å². The molecule has 0 aromatic carbocycles. The lowest BCUT2D eigenvalue weighted by atomic mass is 9.48. The van der Waals surface area contributed by atoms with Gasteiger partial charge in [0.05, 0.1) is 0 Å². The van der Waals surface area contributed by atoms with Gasteiger partial charge in [-0.05, 0) is 101 Å². The first kappa shape index (κ1) is 15.6. The summed E-state index contributed by atoms with van der Waals surface area (Å²) in [6.45, 7) is 9.76. The molecule has 4 bridgehead atoms. The molecule has 0 aromatic heterocycles. The fourth-order valence-electron chi connectivity index (χ4n) is 6.11. The lowest BCUT2D eigenvalue weighted by Crippen LogP contribution is -2.49. The molecule has 21 heavy (non-hydrogen) atoms. The molecule has 0 saturated heterocycles. The summed E-state index contributed by atoms with van der Waals surface area (Å²) in [6.07, 6.45) is 14.6. The minimum absolute atomic E-state index is 0.717. The van der Waals surface area contributed by atoms with Crippen molar-refractivity contribution >= 4 is 0 Å². The Morgan fingerprint density at radius 2 is 1.71 bits per heavy atom. The monoisotopic (exact) mass is 289 g/mol. The van der Waals surface area contributed by atoms with E-state index in [1.165, 1.54) is 37.8 Å². The van der Waals surface area contributed by atoms with Gasteiger partial charge in [0.15, 0.2) is 0 Å². The van der Waals surface area contributed by atoms with Gasteiger partial charge in [0.2, 0.25) is 0 Å². The van der Waals surface area contributed by atoms with Crippen molar-refractivity contribution in [2.24, 2.45) is 23.2 Å². The maximum absolute atomic E-state index is 4.11. The lowest BCUT2D eigenvalue weighted by molar-refractivity contribution is -0.0623. The van der Waals surface area contributed by atoms with Crippen LogP contribution < -0.4 is 5.32 Å². The highest BCUT2D eigenvalue weighted by atomic mass is 14.9. The van der Waals surface area contributed by atoms with Crippen LogP contribution in [0.5, 0.6) is 0 Å². The first-order valence-corrected chi connectivity index (χ1v) is 9.46. The SMILES string of the molecule is C=C(C)CCC(CC12CC3CC(CC(C3)C1)C2)NCCC. The summed E-state index contributed by atoms with van der Waals surface area (Å²) >= 11 is 0. The van der Waals surface area contributed by atoms with Crippen LogP contribution in [-0.4, -0.2) is 12.6 Å². The Hall–Kier alpha value is -0.300. The van der Waals surface area contributed by atoms with Crippen molar-refractivity contribution in [3.05, 3.63) is 12.2 Å². The highest BCUT2D eigenvalue weighted by Gasteiger charge is 2.51. The van der Waals surface area contributed by atoms with Gasteiger partial charge in [0.25, 0.3) is 0 Å². The zero-order valence-corrected chi connectivity index (χ0v) is 14.3. The number of allylic oxidation sites excluding steroid dienone is 1. The molecule has 0 heterocycles. The Morgan fingerprint density at radius 1 is 1.14 bits per heavy atom. The predicted molar refractivity (Wildman–Crippen MR) is 91.4 cm³/mol. The number of hydrogen-bond donors (Lipinski definition) is 1. The van der Waals surface area contributed by atoms with Crippen molar-refractivity contribution in [2.45, 2.75) is 84.1 Å². The van der Waals surface area contributed by atoms with Crippen molar-refractivity contribution in [1.82, 2.24) is 5.32 Å². The maximum Gasteiger partial charge on any atom is 0.00753 e. The molecule has 1 atom stereocenters. The molecule has 120 valence electrons. The summed E-state index contributed by atoms with van der Waals surface area (Å²) in [5.41, 5.74) is 2.07. The van der Waals surface area contributed by atoms with Crippen LogP contribution in [0.25, 0.3) is 0 Å². The maximum atomic E-state index is 4.11. The minimum Gasteiger partial charge on any atom is -0.314 e. The topological polar surface area (TPSA) is 12.0 Å². The van der Waals surface area contributed by atoms with E-state index in [1.54, 1.807) is 38.5 Å². The van der Waals surface area contributed by atoms with Crippen LogP contribution in [0.3, 0.4) is 0 Å². The Bertz CT molecular complexity index is 335. The summed E-state index contributed by atoms with van der Waals surface area (Å²) in [5.74, 6) is 3.26. The fraction of sp³-hybridized carbons (Fsp3) is 0.900. The van der Waals surface area contributed by atoms with Gasteiger partial charge in [-0.3, -0.25) is 0 Å². The van der Waals surface area contributed by atoms with Crippen molar-refractivity contribution in [3.63, 3.8) is 0 Å². The summed E-state index contributed by atoms with van der Waals surface area (Å²) in [6, 6.07) is 0.734. The van der Waals surface area contributed by atoms with Gasteiger partial charge in [-0.25, -0.2) is 0 Å². The molecule has 0 aliphatic heterocycles. The minimum atomic E-state index is 0.717. The van der Waals surface area contributed by atoms with Crippen LogP contribution in [-0.2, 0) is 0 Å². The second-order valence-electron chi connectivity index (χ2n) is 8.77. The average molecular weight is 290 g/mol. The van der Waals surface area contributed by atoms with E-state index < -0.39 is 0 Å². The number of rotatable bonds is 8. The van der Waals surface area contributed by atoms with Crippen molar-refractivity contribution in [1.29, 1.82) is 0 Å². The van der Waals surface area contributed by atoms with Crippen molar-refractivity contribution in [2.75, 3.05) is 6.54 Å². The summed E-state index contributed by atoms with van der Waals surface area (Å²) in [7, 11) is 0. The molecule has 4 saturated carbocycles. The van der Waals surface area contributed by atoms with Gasteiger partial charge in [-0.15, -0.1) is 6.58 Å². The van der Waals surface area contributed by atoms with E-state index in [-0.39, 0.29) is 0 Å². The lowest BCUT2D eigenvalue weighted by Gasteiger charge is -2.57. The third-order valence-corrected chi connectivity index (χ3v) is 6.45. The van der Waals surface area contributed by atoms with Gasteiger partial charge < -0.3 is 5.32 Å². The first-order valence-electron chi connectivity index (χ1n) is 9.46. The quantitative estimate of drug-likeness (QED) is 0.596. The number of hydrogen-bond acceptors (Lipinski definition) is 1. The average Bonchev–Trinajstić information content (AvgIpc) is 2.40. The van der Waals surface area contributed by atoms with Crippen LogP contribution in [0.4, 0.5) is 0 Å². The van der Waals surface area contributed by atoms with Crippen molar-refractivity contribution < 1.29 is 0 Å².